The first-order valence-corrected chi connectivity index (χ1v) is 7.52. The fourth-order valence-electron chi connectivity index (χ4n) is 2.55. The van der Waals surface area contributed by atoms with E-state index in [9.17, 15) is 4.79 Å². The zero-order valence-corrected chi connectivity index (χ0v) is 12.7. The molecule has 7 heteroatoms. The molecular formula is C14H24N4O3. The van der Waals surface area contributed by atoms with Crippen LogP contribution in [0.5, 0.6) is 0 Å². The fourth-order valence-corrected chi connectivity index (χ4v) is 2.55. The number of ether oxygens (including phenoxy) is 1. The highest BCUT2D eigenvalue weighted by atomic mass is 16.5. The van der Waals surface area contributed by atoms with Crippen molar-refractivity contribution in [3.05, 3.63) is 12.3 Å². The highest BCUT2D eigenvalue weighted by Gasteiger charge is 2.28. The Morgan fingerprint density at radius 3 is 3.05 bits per heavy atom. The first-order valence-electron chi connectivity index (χ1n) is 7.52. The molecule has 1 aliphatic rings. The predicted molar refractivity (Wildman–Crippen MR) is 79.2 cm³/mol. The van der Waals surface area contributed by atoms with Crippen LogP contribution in [-0.4, -0.2) is 66.4 Å². The molecule has 2 heterocycles. The molecule has 7 nitrogen and oxygen atoms in total. The number of piperazine rings is 1. The number of amides is 2. The topological polar surface area (TPSA) is 70.8 Å². The number of nitrogens with one attached hydrogen (secondary N) is 1. The lowest BCUT2D eigenvalue weighted by Crippen LogP contribution is -2.56. The highest BCUT2D eigenvalue weighted by Crippen LogP contribution is 2.14. The van der Waals surface area contributed by atoms with Gasteiger partial charge < -0.3 is 14.2 Å². The van der Waals surface area contributed by atoms with Gasteiger partial charge >= 0.3 is 6.03 Å². The number of nitrogens with zero attached hydrogens (tertiary/aromatic N) is 3. The zero-order valence-electron chi connectivity index (χ0n) is 12.7. The molecule has 1 fully saturated rings. The van der Waals surface area contributed by atoms with Crippen molar-refractivity contribution in [2.75, 3.05) is 44.7 Å². The van der Waals surface area contributed by atoms with Gasteiger partial charge in [-0.05, 0) is 13.3 Å². The molecule has 2 rings (SSSR count). The van der Waals surface area contributed by atoms with E-state index in [1.165, 1.54) is 6.26 Å². The third-order valence-corrected chi connectivity index (χ3v) is 3.76. The van der Waals surface area contributed by atoms with Crippen molar-refractivity contribution < 1.29 is 14.1 Å². The van der Waals surface area contributed by atoms with Crippen LogP contribution in [0.2, 0.25) is 0 Å². The van der Waals surface area contributed by atoms with Gasteiger partial charge in [-0.1, -0.05) is 12.1 Å². The number of aromatic nitrogens is 1. The number of carbonyl (C=O) groups is 1. The maximum Gasteiger partial charge on any atom is 0.323 e. The van der Waals surface area contributed by atoms with E-state index in [-0.39, 0.29) is 6.03 Å². The van der Waals surface area contributed by atoms with Crippen LogP contribution < -0.4 is 5.32 Å². The maximum absolute atomic E-state index is 12.2. The Bertz CT molecular complexity index is 424. The summed E-state index contributed by atoms with van der Waals surface area (Å²) >= 11 is 0. The lowest BCUT2D eigenvalue weighted by Gasteiger charge is -2.40. The van der Waals surface area contributed by atoms with Crippen molar-refractivity contribution in [2.45, 2.75) is 26.3 Å². The second kappa shape index (κ2) is 7.99. The molecule has 1 aromatic heterocycles. The van der Waals surface area contributed by atoms with Gasteiger partial charge in [0, 0.05) is 44.9 Å². The van der Waals surface area contributed by atoms with Gasteiger partial charge in [-0.3, -0.25) is 10.2 Å². The minimum Gasteiger partial charge on any atom is -0.380 e. The Kier molecular flexibility index (Phi) is 6.01. The normalized spacial score (nSPS) is 19.7. The first kappa shape index (κ1) is 15.8. The van der Waals surface area contributed by atoms with Gasteiger partial charge in [-0.25, -0.2) is 4.79 Å². The molecule has 0 saturated carbocycles. The Morgan fingerprint density at radius 1 is 1.52 bits per heavy atom. The van der Waals surface area contributed by atoms with Crippen LogP contribution in [0.3, 0.4) is 0 Å². The van der Waals surface area contributed by atoms with Gasteiger partial charge in [0.25, 0.3) is 0 Å². The maximum atomic E-state index is 12.2. The second-order valence-electron chi connectivity index (χ2n) is 5.06. The van der Waals surface area contributed by atoms with E-state index in [1.54, 1.807) is 6.07 Å². The van der Waals surface area contributed by atoms with Gasteiger partial charge in [0.2, 0.25) is 0 Å². The molecule has 21 heavy (non-hydrogen) atoms. The summed E-state index contributed by atoms with van der Waals surface area (Å²) in [5, 5.41) is 6.44. The average Bonchev–Trinajstić information content (AvgIpc) is 3.00. The molecule has 0 spiro atoms. The van der Waals surface area contributed by atoms with Crippen LogP contribution in [0, 0.1) is 0 Å². The second-order valence-corrected chi connectivity index (χ2v) is 5.06. The molecule has 1 aromatic rings. The van der Waals surface area contributed by atoms with E-state index in [2.05, 4.69) is 22.3 Å². The SMILES string of the molecule is CCOCCN1CCN(C(=O)Nc2ccon2)C[C@H]1CC. The number of hydrogen-bond acceptors (Lipinski definition) is 5. The van der Waals surface area contributed by atoms with E-state index in [4.69, 9.17) is 9.26 Å². The minimum atomic E-state index is -0.119. The van der Waals surface area contributed by atoms with E-state index in [0.717, 1.165) is 39.3 Å². The molecule has 0 radical (unpaired) electrons. The smallest absolute Gasteiger partial charge is 0.323 e. The molecular weight excluding hydrogens is 272 g/mol. The van der Waals surface area contributed by atoms with E-state index >= 15 is 0 Å². The molecule has 118 valence electrons. The van der Waals surface area contributed by atoms with Gasteiger partial charge in [0.1, 0.15) is 6.26 Å². The van der Waals surface area contributed by atoms with Crippen LogP contribution in [0.15, 0.2) is 16.9 Å². The lowest BCUT2D eigenvalue weighted by molar-refractivity contribution is 0.0545. The molecule has 1 atom stereocenters. The number of hydrogen-bond donors (Lipinski definition) is 1. The number of urea groups is 1. The summed E-state index contributed by atoms with van der Waals surface area (Å²) in [6, 6.07) is 1.89. The van der Waals surface area contributed by atoms with Crippen LogP contribution >= 0.6 is 0 Å². The molecule has 0 bridgehead atoms. The van der Waals surface area contributed by atoms with E-state index < -0.39 is 0 Å². The predicted octanol–water partition coefficient (Wildman–Crippen LogP) is 1.64. The minimum absolute atomic E-state index is 0.119. The zero-order chi connectivity index (χ0) is 15.1. The van der Waals surface area contributed by atoms with Crippen molar-refractivity contribution >= 4 is 11.8 Å². The molecule has 1 N–H and O–H groups in total. The Labute approximate surface area is 125 Å². The van der Waals surface area contributed by atoms with Gasteiger partial charge in [0.15, 0.2) is 5.82 Å². The highest BCUT2D eigenvalue weighted by molar-refractivity contribution is 5.88. The third kappa shape index (κ3) is 4.44. The van der Waals surface area contributed by atoms with Gasteiger partial charge in [-0.2, -0.15) is 0 Å². The van der Waals surface area contributed by atoms with Crippen molar-refractivity contribution in [2.24, 2.45) is 0 Å². The van der Waals surface area contributed by atoms with Crippen LogP contribution in [0.25, 0.3) is 0 Å². The summed E-state index contributed by atoms with van der Waals surface area (Å²) in [6.45, 7) is 8.89. The Balaban J connectivity index is 1.83. The van der Waals surface area contributed by atoms with E-state index in [1.807, 2.05) is 11.8 Å². The first-order chi connectivity index (χ1) is 10.2. The van der Waals surface area contributed by atoms with Crippen LogP contribution in [-0.2, 0) is 4.74 Å². The average molecular weight is 296 g/mol. The molecule has 1 saturated heterocycles. The monoisotopic (exact) mass is 296 g/mol. The molecule has 1 aliphatic heterocycles. The Hall–Kier alpha value is -1.60. The van der Waals surface area contributed by atoms with Crippen molar-refractivity contribution in [3.63, 3.8) is 0 Å². The summed E-state index contributed by atoms with van der Waals surface area (Å²) < 4.78 is 10.1. The molecule has 0 unspecified atom stereocenters. The molecule has 0 aromatic carbocycles. The van der Waals surface area contributed by atoms with E-state index in [0.29, 0.717) is 18.4 Å². The Morgan fingerprint density at radius 2 is 2.38 bits per heavy atom. The largest absolute Gasteiger partial charge is 0.380 e. The summed E-state index contributed by atoms with van der Waals surface area (Å²) in [4.78, 5) is 16.4. The summed E-state index contributed by atoms with van der Waals surface area (Å²) in [7, 11) is 0. The van der Waals surface area contributed by atoms with Crippen molar-refractivity contribution in [1.29, 1.82) is 0 Å². The standard InChI is InChI=1S/C14H24N4O3/c1-3-12-11-18(7-6-17(12)8-10-20-4-2)14(19)15-13-5-9-21-16-13/h5,9,12H,3-4,6-8,10-11H2,1-2H3,(H,15,16,19)/t12-/m1/s1. The van der Waals surface area contributed by atoms with Gasteiger partial charge in [-0.15, -0.1) is 0 Å². The van der Waals surface area contributed by atoms with Crippen LogP contribution in [0.1, 0.15) is 20.3 Å². The summed E-state index contributed by atoms with van der Waals surface area (Å²) in [6.07, 6.45) is 2.45. The molecule has 2 amide bonds. The van der Waals surface area contributed by atoms with Crippen molar-refractivity contribution in [1.82, 2.24) is 15.0 Å². The summed E-state index contributed by atoms with van der Waals surface area (Å²) in [5.74, 6) is 0.451. The number of carbonyl (C=O) groups excluding carboxylic acids is 1. The fraction of sp³-hybridized carbons (Fsp3) is 0.714. The van der Waals surface area contributed by atoms with Crippen LogP contribution in [0.4, 0.5) is 10.6 Å². The number of rotatable bonds is 6. The van der Waals surface area contributed by atoms with Gasteiger partial charge in [0.05, 0.1) is 6.61 Å². The van der Waals surface area contributed by atoms with Crippen molar-refractivity contribution in [3.8, 4) is 0 Å². The molecule has 0 aliphatic carbocycles. The third-order valence-electron chi connectivity index (χ3n) is 3.76. The number of anilines is 1. The lowest BCUT2D eigenvalue weighted by atomic mass is 10.1. The quantitative estimate of drug-likeness (QED) is 0.808. The summed E-state index contributed by atoms with van der Waals surface area (Å²) in [5.41, 5.74) is 0.